The Morgan fingerprint density at radius 3 is 2.53 bits per heavy atom. The van der Waals surface area contributed by atoms with Crippen LogP contribution in [-0.2, 0) is 11.2 Å². The summed E-state index contributed by atoms with van der Waals surface area (Å²) in [6, 6.07) is 4.25. The summed E-state index contributed by atoms with van der Waals surface area (Å²) in [6.07, 6.45) is 0.263. The second kappa shape index (κ2) is 5.97. The molecule has 1 aromatic rings. The third-order valence-electron chi connectivity index (χ3n) is 2.36. The predicted octanol–water partition coefficient (Wildman–Crippen LogP) is 3.52. The molecule has 3 nitrogen and oxygen atoms in total. The standard InChI is InChI=1S/C12H10F3NO2S/c1-3-8-7(6-16)4-5-9(19-12(13,14)15)10(8)11(17)18-2/h4-5H,3H2,1-2H3. The number of thioether (sulfide) groups is 1. The van der Waals surface area contributed by atoms with Gasteiger partial charge in [0.05, 0.1) is 24.3 Å². The SMILES string of the molecule is CCc1c(C#N)ccc(SC(F)(F)F)c1C(=O)OC. The average molecular weight is 289 g/mol. The van der Waals surface area contributed by atoms with Crippen molar-refractivity contribution < 1.29 is 22.7 Å². The number of nitrogens with zero attached hydrogens (tertiary/aromatic N) is 1. The van der Waals surface area contributed by atoms with Crippen molar-refractivity contribution in [3.63, 3.8) is 0 Å². The van der Waals surface area contributed by atoms with Crippen LogP contribution in [0.3, 0.4) is 0 Å². The number of benzene rings is 1. The second-order valence-corrected chi connectivity index (χ2v) is 4.58. The average Bonchev–Trinajstić information content (AvgIpc) is 2.35. The topological polar surface area (TPSA) is 50.1 Å². The quantitative estimate of drug-likeness (QED) is 0.631. The van der Waals surface area contributed by atoms with Crippen LogP contribution in [0.25, 0.3) is 0 Å². The Balaban J connectivity index is 3.48. The Bertz CT molecular complexity index is 535. The molecule has 0 saturated carbocycles. The monoisotopic (exact) mass is 289 g/mol. The van der Waals surface area contributed by atoms with Crippen molar-refractivity contribution in [2.75, 3.05) is 7.11 Å². The molecule has 0 atom stereocenters. The highest BCUT2D eigenvalue weighted by atomic mass is 32.2. The third-order valence-corrected chi connectivity index (χ3v) is 3.16. The Morgan fingerprint density at radius 2 is 2.11 bits per heavy atom. The minimum Gasteiger partial charge on any atom is -0.465 e. The van der Waals surface area contributed by atoms with E-state index in [1.54, 1.807) is 6.92 Å². The van der Waals surface area contributed by atoms with Gasteiger partial charge in [0.15, 0.2) is 0 Å². The summed E-state index contributed by atoms with van der Waals surface area (Å²) in [4.78, 5) is 11.4. The Hall–Kier alpha value is -1.68. The van der Waals surface area contributed by atoms with Crippen molar-refractivity contribution in [1.82, 2.24) is 0 Å². The smallest absolute Gasteiger partial charge is 0.446 e. The van der Waals surface area contributed by atoms with Crippen molar-refractivity contribution in [2.24, 2.45) is 0 Å². The van der Waals surface area contributed by atoms with Gasteiger partial charge in [0.2, 0.25) is 0 Å². The highest BCUT2D eigenvalue weighted by Gasteiger charge is 2.33. The van der Waals surface area contributed by atoms with Crippen LogP contribution in [0.2, 0.25) is 0 Å². The molecule has 102 valence electrons. The van der Waals surface area contributed by atoms with E-state index in [-0.39, 0.29) is 28.0 Å². The molecule has 0 bridgehead atoms. The molecular formula is C12H10F3NO2S. The summed E-state index contributed by atoms with van der Waals surface area (Å²) in [6.45, 7) is 1.66. The molecule has 0 radical (unpaired) electrons. The molecule has 0 aromatic heterocycles. The van der Waals surface area contributed by atoms with Gasteiger partial charge in [-0.2, -0.15) is 18.4 Å². The predicted molar refractivity (Wildman–Crippen MR) is 63.8 cm³/mol. The van der Waals surface area contributed by atoms with E-state index >= 15 is 0 Å². The molecule has 0 aliphatic rings. The molecule has 1 rings (SSSR count). The lowest BCUT2D eigenvalue weighted by atomic mass is 9.99. The van der Waals surface area contributed by atoms with Crippen LogP contribution in [-0.4, -0.2) is 18.6 Å². The van der Waals surface area contributed by atoms with Crippen LogP contribution in [0.5, 0.6) is 0 Å². The van der Waals surface area contributed by atoms with Crippen molar-refractivity contribution in [2.45, 2.75) is 23.7 Å². The molecule has 0 saturated heterocycles. The van der Waals surface area contributed by atoms with Crippen LogP contribution in [0, 0.1) is 11.3 Å². The second-order valence-electron chi connectivity index (χ2n) is 3.47. The number of hydrogen-bond acceptors (Lipinski definition) is 4. The van der Waals surface area contributed by atoms with Gasteiger partial charge >= 0.3 is 11.5 Å². The van der Waals surface area contributed by atoms with E-state index in [1.807, 2.05) is 6.07 Å². The minimum absolute atomic E-state index is 0.175. The Morgan fingerprint density at radius 1 is 1.47 bits per heavy atom. The van der Waals surface area contributed by atoms with Gasteiger partial charge in [-0.1, -0.05) is 6.92 Å². The van der Waals surface area contributed by atoms with E-state index in [0.29, 0.717) is 0 Å². The zero-order valence-corrected chi connectivity index (χ0v) is 11.0. The van der Waals surface area contributed by atoms with Crippen molar-refractivity contribution >= 4 is 17.7 Å². The lowest BCUT2D eigenvalue weighted by Crippen LogP contribution is -2.11. The Kier molecular flexibility index (Phi) is 4.84. The van der Waals surface area contributed by atoms with Crippen LogP contribution < -0.4 is 0 Å². The molecule has 0 N–H and O–H groups in total. The summed E-state index contributed by atoms with van der Waals surface area (Å²) in [5.41, 5.74) is -4.26. The van der Waals surface area contributed by atoms with Gasteiger partial charge in [-0.25, -0.2) is 4.79 Å². The van der Waals surface area contributed by atoms with Gasteiger partial charge in [-0.15, -0.1) is 0 Å². The molecule has 0 aliphatic carbocycles. The number of halogens is 3. The number of ether oxygens (including phenoxy) is 1. The van der Waals surface area contributed by atoms with Crippen molar-refractivity contribution in [3.05, 3.63) is 28.8 Å². The van der Waals surface area contributed by atoms with E-state index in [0.717, 1.165) is 13.2 Å². The molecule has 0 heterocycles. The van der Waals surface area contributed by atoms with Crippen molar-refractivity contribution in [3.8, 4) is 6.07 Å². The summed E-state index contributed by atoms with van der Waals surface area (Å²) < 4.78 is 41.9. The first-order chi connectivity index (χ1) is 8.84. The molecule has 0 fully saturated rings. The fraction of sp³-hybridized carbons (Fsp3) is 0.333. The highest BCUT2D eigenvalue weighted by Crippen LogP contribution is 2.40. The number of methoxy groups -OCH3 is 1. The number of carbonyl (C=O) groups is 1. The maximum Gasteiger partial charge on any atom is 0.446 e. The number of nitriles is 1. The number of carbonyl (C=O) groups excluding carboxylic acids is 1. The highest BCUT2D eigenvalue weighted by molar-refractivity contribution is 8.00. The van der Waals surface area contributed by atoms with Crippen LogP contribution in [0.1, 0.15) is 28.4 Å². The number of alkyl halides is 3. The normalized spacial score (nSPS) is 10.9. The van der Waals surface area contributed by atoms with Crippen LogP contribution in [0.4, 0.5) is 13.2 Å². The third kappa shape index (κ3) is 3.64. The van der Waals surface area contributed by atoms with Gasteiger partial charge in [-0.05, 0) is 35.9 Å². The van der Waals surface area contributed by atoms with Crippen LogP contribution >= 0.6 is 11.8 Å². The first kappa shape index (κ1) is 15.4. The van der Waals surface area contributed by atoms with Gasteiger partial charge < -0.3 is 4.74 Å². The van der Waals surface area contributed by atoms with E-state index in [4.69, 9.17) is 5.26 Å². The van der Waals surface area contributed by atoms with Crippen molar-refractivity contribution in [1.29, 1.82) is 5.26 Å². The first-order valence-corrected chi connectivity index (χ1v) is 6.05. The lowest BCUT2D eigenvalue weighted by Gasteiger charge is -2.14. The molecule has 0 unspecified atom stereocenters. The molecular weight excluding hydrogens is 279 g/mol. The van der Waals surface area contributed by atoms with Gasteiger partial charge in [0.1, 0.15) is 0 Å². The van der Waals surface area contributed by atoms with Gasteiger partial charge in [-0.3, -0.25) is 0 Å². The summed E-state index contributed by atoms with van der Waals surface area (Å²) in [5.74, 6) is -0.874. The lowest BCUT2D eigenvalue weighted by molar-refractivity contribution is -0.0328. The minimum atomic E-state index is -4.51. The molecule has 0 aliphatic heterocycles. The summed E-state index contributed by atoms with van der Waals surface area (Å²) in [5, 5.41) is 8.92. The maximum atomic E-state index is 12.5. The van der Waals surface area contributed by atoms with Gasteiger partial charge in [0, 0.05) is 4.90 Å². The Labute approximate surface area is 112 Å². The zero-order chi connectivity index (χ0) is 14.6. The largest absolute Gasteiger partial charge is 0.465 e. The maximum absolute atomic E-state index is 12.5. The fourth-order valence-electron chi connectivity index (χ4n) is 1.63. The van der Waals surface area contributed by atoms with E-state index in [1.165, 1.54) is 6.07 Å². The molecule has 0 amide bonds. The van der Waals surface area contributed by atoms with E-state index < -0.39 is 23.2 Å². The summed E-state index contributed by atoms with van der Waals surface area (Å²) >= 11 is -0.390. The van der Waals surface area contributed by atoms with E-state index in [9.17, 15) is 18.0 Å². The number of esters is 1. The van der Waals surface area contributed by atoms with Crippen LogP contribution in [0.15, 0.2) is 17.0 Å². The summed E-state index contributed by atoms with van der Waals surface area (Å²) in [7, 11) is 1.09. The first-order valence-electron chi connectivity index (χ1n) is 5.24. The van der Waals surface area contributed by atoms with Gasteiger partial charge in [0.25, 0.3) is 0 Å². The number of hydrogen-bond donors (Lipinski definition) is 0. The molecule has 19 heavy (non-hydrogen) atoms. The fourth-order valence-corrected chi connectivity index (χ4v) is 2.33. The zero-order valence-electron chi connectivity index (χ0n) is 10.2. The molecule has 1 aromatic carbocycles. The molecule has 7 heteroatoms. The van der Waals surface area contributed by atoms with E-state index in [2.05, 4.69) is 4.74 Å². The molecule has 0 spiro atoms. The number of rotatable bonds is 3.